The van der Waals surface area contributed by atoms with Gasteiger partial charge < -0.3 is 10.6 Å². The second-order valence-corrected chi connectivity index (χ2v) is 7.41. The van der Waals surface area contributed by atoms with Crippen molar-refractivity contribution >= 4 is 24.1 Å². The number of benzene rings is 2. The largest absolute Gasteiger partial charge is 0.350 e. The van der Waals surface area contributed by atoms with Gasteiger partial charge in [-0.25, -0.2) is 9.82 Å². The third kappa shape index (κ3) is 6.53. The molecule has 3 rings (SSSR count). The lowest BCUT2D eigenvalue weighted by Crippen LogP contribution is -2.28. The van der Waals surface area contributed by atoms with E-state index in [2.05, 4.69) is 36.1 Å². The van der Waals surface area contributed by atoms with E-state index in [0.717, 1.165) is 5.56 Å². The van der Waals surface area contributed by atoms with Gasteiger partial charge in [-0.1, -0.05) is 48.5 Å². The van der Waals surface area contributed by atoms with Crippen LogP contribution < -0.4 is 16.1 Å². The maximum atomic E-state index is 13.7. The number of nitrogens with one attached hydrogen (secondary N) is 3. The molecule has 0 saturated carbocycles. The van der Waals surface area contributed by atoms with Gasteiger partial charge in [0.1, 0.15) is 5.82 Å². The summed E-state index contributed by atoms with van der Waals surface area (Å²) in [6, 6.07) is 16.3. The number of anilines is 3. The Balaban J connectivity index is 1.77. The van der Waals surface area contributed by atoms with E-state index in [0.29, 0.717) is 24.0 Å². The van der Waals surface area contributed by atoms with E-state index in [1.54, 1.807) is 18.2 Å². The van der Waals surface area contributed by atoms with E-state index in [9.17, 15) is 4.39 Å². The molecule has 0 saturated heterocycles. The van der Waals surface area contributed by atoms with Crippen LogP contribution in [0.4, 0.5) is 22.2 Å². The Labute approximate surface area is 169 Å². The third-order valence-corrected chi connectivity index (χ3v) is 3.69. The molecule has 3 N–H and O–H groups in total. The third-order valence-electron chi connectivity index (χ3n) is 3.69. The van der Waals surface area contributed by atoms with Crippen LogP contribution in [-0.4, -0.2) is 26.7 Å². The van der Waals surface area contributed by atoms with Gasteiger partial charge in [0.15, 0.2) is 0 Å². The normalized spacial score (nSPS) is 11.4. The Kier molecular flexibility index (Phi) is 6.33. The lowest BCUT2D eigenvalue weighted by atomic mass is 10.1. The predicted molar refractivity (Wildman–Crippen MR) is 115 cm³/mol. The number of hydrogen-bond donors (Lipinski definition) is 3. The van der Waals surface area contributed by atoms with E-state index in [-0.39, 0.29) is 17.3 Å². The highest BCUT2D eigenvalue weighted by Gasteiger charge is 2.14. The Hall–Kier alpha value is -3.55. The highest BCUT2D eigenvalue weighted by atomic mass is 19.1. The van der Waals surface area contributed by atoms with Crippen LogP contribution in [0.3, 0.4) is 0 Å². The first kappa shape index (κ1) is 20.2. The van der Waals surface area contributed by atoms with E-state index >= 15 is 0 Å². The van der Waals surface area contributed by atoms with Gasteiger partial charge in [-0.3, -0.25) is 0 Å². The van der Waals surface area contributed by atoms with Gasteiger partial charge >= 0.3 is 0 Å². The van der Waals surface area contributed by atoms with Gasteiger partial charge in [-0.15, -0.1) is 0 Å². The number of nitrogens with zero attached hydrogens (tertiary/aromatic N) is 4. The van der Waals surface area contributed by atoms with Crippen LogP contribution in [0.15, 0.2) is 59.7 Å². The molecule has 0 aliphatic heterocycles. The Morgan fingerprint density at radius 3 is 2.28 bits per heavy atom. The average molecular weight is 393 g/mol. The summed E-state index contributed by atoms with van der Waals surface area (Å²) in [4.78, 5) is 13.1. The number of aromatic nitrogens is 3. The zero-order chi connectivity index (χ0) is 20.7. The molecule has 0 amide bonds. The van der Waals surface area contributed by atoms with Crippen molar-refractivity contribution in [3.63, 3.8) is 0 Å². The van der Waals surface area contributed by atoms with Gasteiger partial charge in [0, 0.05) is 17.6 Å². The standard InChI is InChI=1S/C21H24FN7/c1-21(2,3)28-19-25-18(23-13-15-9-5-4-6-10-15)26-20(27-19)29-24-14-16-11-7-8-12-17(16)22/h4-12,14H,13H2,1-3H3,(H3,23,25,26,27,28,29)/b24-14+. The second-order valence-electron chi connectivity index (χ2n) is 7.41. The molecule has 3 aromatic rings. The highest BCUT2D eigenvalue weighted by Crippen LogP contribution is 2.15. The molecule has 1 aromatic heterocycles. The number of rotatable bonds is 7. The SMILES string of the molecule is CC(C)(C)Nc1nc(NCc2ccccc2)nc(N/N=C/c2ccccc2F)n1. The van der Waals surface area contributed by atoms with Crippen LogP contribution in [0.2, 0.25) is 0 Å². The summed E-state index contributed by atoms with van der Waals surface area (Å²) in [6.07, 6.45) is 1.38. The van der Waals surface area contributed by atoms with E-state index in [1.807, 2.05) is 51.1 Å². The van der Waals surface area contributed by atoms with Crippen molar-refractivity contribution in [2.45, 2.75) is 32.9 Å². The molecular formula is C21H24FN7. The lowest BCUT2D eigenvalue weighted by molar-refractivity contribution is 0.625. The lowest BCUT2D eigenvalue weighted by Gasteiger charge is -2.20. The molecule has 8 heteroatoms. The summed E-state index contributed by atoms with van der Waals surface area (Å²) in [7, 11) is 0. The first-order valence-electron chi connectivity index (χ1n) is 9.25. The fraction of sp³-hybridized carbons (Fsp3) is 0.238. The van der Waals surface area contributed by atoms with E-state index < -0.39 is 0 Å². The van der Waals surface area contributed by atoms with E-state index in [1.165, 1.54) is 12.3 Å². The van der Waals surface area contributed by atoms with Crippen molar-refractivity contribution in [1.29, 1.82) is 0 Å². The van der Waals surface area contributed by atoms with E-state index in [4.69, 9.17) is 0 Å². The maximum Gasteiger partial charge on any atom is 0.250 e. The van der Waals surface area contributed by atoms with Crippen LogP contribution in [0.5, 0.6) is 0 Å². The quantitative estimate of drug-likeness (QED) is 0.410. The summed E-state index contributed by atoms with van der Waals surface area (Å²) in [5.74, 6) is 0.703. The van der Waals surface area contributed by atoms with Gasteiger partial charge in [-0.05, 0) is 32.4 Å². The molecule has 150 valence electrons. The molecule has 0 bridgehead atoms. The molecule has 0 unspecified atom stereocenters. The summed E-state index contributed by atoms with van der Waals surface area (Å²) in [6.45, 7) is 6.60. The van der Waals surface area contributed by atoms with Crippen LogP contribution in [-0.2, 0) is 6.54 Å². The van der Waals surface area contributed by atoms with Crippen molar-refractivity contribution in [1.82, 2.24) is 15.0 Å². The Bertz CT molecular complexity index is 968. The molecule has 0 atom stereocenters. The minimum atomic E-state index is -0.353. The minimum Gasteiger partial charge on any atom is -0.350 e. The molecule has 2 aromatic carbocycles. The second kappa shape index (κ2) is 9.09. The van der Waals surface area contributed by atoms with Gasteiger partial charge in [-0.2, -0.15) is 20.1 Å². The van der Waals surface area contributed by atoms with Crippen molar-refractivity contribution in [2.75, 3.05) is 16.1 Å². The Morgan fingerprint density at radius 2 is 1.55 bits per heavy atom. The van der Waals surface area contributed by atoms with Crippen molar-refractivity contribution in [3.05, 3.63) is 71.5 Å². The van der Waals surface area contributed by atoms with Crippen molar-refractivity contribution in [3.8, 4) is 0 Å². The molecule has 0 aliphatic carbocycles. The summed E-state index contributed by atoms with van der Waals surface area (Å²) < 4.78 is 13.7. The predicted octanol–water partition coefficient (Wildman–Crippen LogP) is 4.28. The highest BCUT2D eigenvalue weighted by molar-refractivity contribution is 5.80. The number of hydrogen-bond acceptors (Lipinski definition) is 7. The zero-order valence-electron chi connectivity index (χ0n) is 16.6. The molecule has 0 fully saturated rings. The fourth-order valence-corrected chi connectivity index (χ4v) is 2.41. The van der Waals surface area contributed by atoms with Crippen LogP contribution in [0, 0.1) is 5.82 Å². The summed E-state index contributed by atoms with van der Waals surface area (Å²) in [5.41, 5.74) is 3.98. The molecule has 0 radical (unpaired) electrons. The monoisotopic (exact) mass is 393 g/mol. The molecule has 0 spiro atoms. The number of hydrazone groups is 1. The minimum absolute atomic E-state index is 0.230. The smallest absolute Gasteiger partial charge is 0.250 e. The van der Waals surface area contributed by atoms with Crippen LogP contribution in [0.25, 0.3) is 0 Å². The molecule has 7 nitrogen and oxygen atoms in total. The molecule has 0 aliphatic rings. The van der Waals surface area contributed by atoms with Gasteiger partial charge in [0.05, 0.1) is 6.21 Å². The zero-order valence-corrected chi connectivity index (χ0v) is 16.6. The maximum absolute atomic E-state index is 13.7. The fourth-order valence-electron chi connectivity index (χ4n) is 2.41. The first-order valence-corrected chi connectivity index (χ1v) is 9.25. The first-order chi connectivity index (χ1) is 13.9. The van der Waals surface area contributed by atoms with Crippen molar-refractivity contribution in [2.24, 2.45) is 5.10 Å². The van der Waals surface area contributed by atoms with Gasteiger partial charge in [0.2, 0.25) is 17.8 Å². The number of halogens is 1. The van der Waals surface area contributed by atoms with Gasteiger partial charge in [0.25, 0.3) is 0 Å². The topological polar surface area (TPSA) is 87.1 Å². The summed E-state index contributed by atoms with van der Waals surface area (Å²) in [5, 5.41) is 10.5. The molecule has 1 heterocycles. The van der Waals surface area contributed by atoms with Crippen LogP contribution >= 0.6 is 0 Å². The molecule has 29 heavy (non-hydrogen) atoms. The van der Waals surface area contributed by atoms with Crippen LogP contribution in [0.1, 0.15) is 31.9 Å². The summed E-state index contributed by atoms with van der Waals surface area (Å²) >= 11 is 0. The average Bonchev–Trinajstić information content (AvgIpc) is 2.67. The van der Waals surface area contributed by atoms with Crippen molar-refractivity contribution < 1.29 is 4.39 Å². The Morgan fingerprint density at radius 1 is 0.897 bits per heavy atom. The molecular weight excluding hydrogens is 369 g/mol.